The first kappa shape index (κ1) is 11.9. The summed E-state index contributed by atoms with van der Waals surface area (Å²) in [6, 6.07) is 6.36. The summed E-state index contributed by atoms with van der Waals surface area (Å²) in [5.74, 6) is 1.02. The Labute approximate surface area is 102 Å². The van der Waals surface area contributed by atoms with E-state index in [2.05, 4.69) is 24.1 Å². The fourth-order valence-electron chi connectivity index (χ4n) is 1.77. The maximum absolute atomic E-state index is 5.33. The van der Waals surface area contributed by atoms with Crippen molar-refractivity contribution in [2.75, 3.05) is 0 Å². The lowest BCUT2D eigenvalue weighted by Gasteiger charge is -2.13. The zero-order chi connectivity index (χ0) is 12.1. The molecule has 2 aromatic rings. The lowest BCUT2D eigenvalue weighted by atomic mass is 10.1. The van der Waals surface area contributed by atoms with Gasteiger partial charge in [-0.3, -0.25) is 4.98 Å². The average molecular weight is 230 g/mol. The van der Waals surface area contributed by atoms with Crippen molar-refractivity contribution < 1.29 is 4.42 Å². The number of nitrogens with zero attached hydrogens (tertiary/aromatic N) is 1. The minimum Gasteiger partial charge on any atom is -0.469 e. The lowest BCUT2D eigenvalue weighted by molar-refractivity contribution is 0.456. The Morgan fingerprint density at radius 1 is 1.41 bits per heavy atom. The Bertz CT molecular complexity index is 451. The minimum absolute atomic E-state index is 0.390. The van der Waals surface area contributed by atoms with Crippen LogP contribution in [0.25, 0.3) is 0 Å². The van der Waals surface area contributed by atoms with Gasteiger partial charge in [0, 0.05) is 31.4 Å². The Kier molecular flexibility index (Phi) is 3.94. The molecule has 0 saturated carbocycles. The summed E-state index contributed by atoms with van der Waals surface area (Å²) in [6.07, 6.45) is 6.37. The molecule has 0 saturated heterocycles. The van der Waals surface area contributed by atoms with Gasteiger partial charge < -0.3 is 9.73 Å². The zero-order valence-electron chi connectivity index (χ0n) is 10.3. The van der Waals surface area contributed by atoms with Crippen LogP contribution in [0.4, 0.5) is 0 Å². The van der Waals surface area contributed by atoms with Crippen molar-refractivity contribution in [2.24, 2.45) is 0 Å². The van der Waals surface area contributed by atoms with Gasteiger partial charge >= 0.3 is 0 Å². The summed E-state index contributed by atoms with van der Waals surface area (Å²) in [4.78, 5) is 4.14. The molecule has 0 spiro atoms. The summed E-state index contributed by atoms with van der Waals surface area (Å²) in [6.45, 7) is 5.12. The van der Waals surface area contributed by atoms with Crippen molar-refractivity contribution in [3.8, 4) is 0 Å². The third-order valence-electron chi connectivity index (χ3n) is 2.88. The van der Waals surface area contributed by atoms with Gasteiger partial charge in [0.05, 0.1) is 6.26 Å². The SMILES string of the molecule is Cc1ccncc1CNC(C)Cc1ccco1. The monoisotopic (exact) mass is 230 g/mol. The second-order valence-electron chi connectivity index (χ2n) is 4.37. The van der Waals surface area contributed by atoms with Crippen LogP contribution in [0.5, 0.6) is 0 Å². The Balaban J connectivity index is 1.84. The van der Waals surface area contributed by atoms with Crippen molar-refractivity contribution in [3.63, 3.8) is 0 Å². The summed E-state index contributed by atoms with van der Waals surface area (Å²) in [5, 5.41) is 3.48. The number of aryl methyl sites for hydroxylation is 1. The summed E-state index contributed by atoms with van der Waals surface area (Å²) in [5.41, 5.74) is 2.52. The van der Waals surface area contributed by atoms with Crippen LogP contribution in [0.15, 0.2) is 41.3 Å². The first-order valence-electron chi connectivity index (χ1n) is 5.91. The van der Waals surface area contributed by atoms with Crippen LogP contribution in [0, 0.1) is 6.92 Å². The standard InChI is InChI=1S/C14H18N2O/c1-11-5-6-15-9-13(11)10-16-12(2)8-14-4-3-7-17-14/h3-7,9,12,16H,8,10H2,1-2H3. The van der Waals surface area contributed by atoms with Crippen LogP contribution in [0.1, 0.15) is 23.8 Å². The summed E-state index contributed by atoms with van der Waals surface area (Å²) in [7, 11) is 0. The van der Waals surface area contributed by atoms with Crippen molar-refractivity contribution in [2.45, 2.75) is 32.9 Å². The maximum Gasteiger partial charge on any atom is 0.105 e. The molecule has 17 heavy (non-hydrogen) atoms. The molecule has 1 N–H and O–H groups in total. The molecule has 0 amide bonds. The van der Waals surface area contributed by atoms with Gasteiger partial charge in [-0.05, 0) is 43.2 Å². The third-order valence-corrected chi connectivity index (χ3v) is 2.88. The Hall–Kier alpha value is -1.61. The van der Waals surface area contributed by atoms with Crippen molar-refractivity contribution in [3.05, 3.63) is 53.7 Å². The van der Waals surface area contributed by atoms with Gasteiger partial charge in [0.1, 0.15) is 5.76 Å². The number of hydrogen-bond acceptors (Lipinski definition) is 3. The summed E-state index contributed by atoms with van der Waals surface area (Å²) >= 11 is 0. The molecule has 2 aromatic heterocycles. The molecular weight excluding hydrogens is 212 g/mol. The molecule has 2 heterocycles. The van der Waals surface area contributed by atoms with Crippen LogP contribution in [0.2, 0.25) is 0 Å². The van der Waals surface area contributed by atoms with Gasteiger partial charge in [0.15, 0.2) is 0 Å². The van der Waals surface area contributed by atoms with Gasteiger partial charge in [-0.25, -0.2) is 0 Å². The molecule has 0 aliphatic heterocycles. The van der Waals surface area contributed by atoms with E-state index in [1.807, 2.05) is 30.6 Å². The number of furan rings is 1. The van der Waals surface area contributed by atoms with Gasteiger partial charge in [0.2, 0.25) is 0 Å². The lowest BCUT2D eigenvalue weighted by Crippen LogP contribution is -2.27. The minimum atomic E-state index is 0.390. The maximum atomic E-state index is 5.33. The van der Waals surface area contributed by atoms with E-state index in [0.717, 1.165) is 18.7 Å². The second-order valence-corrected chi connectivity index (χ2v) is 4.37. The molecule has 2 rings (SSSR count). The van der Waals surface area contributed by atoms with E-state index in [1.165, 1.54) is 11.1 Å². The molecule has 1 unspecified atom stereocenters. The smallest absolute Gasteiger partial charge is 0.105 e. The molecule has 3 nitrogen and oxygen atoms in total. The topological polar surface area (TPSA) is 38.1 Å². The fraction of sp³-hybridized carbons (Fsp3) is 0.357. The van der Waals surface area contributed by atoms with E-state index in [0.29, 0.717) is 6.04 Å². The van der Waals surface area contributed by atoms with Gasteiger partial charge in [-0.1, -0.05) is 0 Å². The molecule has 3 heteroatoms. The molecule has 0 fully saturated rings. The first-order chi connectivity index (χ1) is 8.25. The zero-order valence-corrected chi connectivity index (χ0v) is 10.3. The van der Waals surface area contributed by atoms with Crippen LogP contribution in [0.3, 0.4) is 0 Å². The number of nitrogens with one attached hydrogen (secondary N) is 1. The highest BCUT2D eigenvalue weighted by atomic mass is 16.3. The second kappa shape index (κ2) is 5.64. The summed E-state index contributed by atoms with van der Waals surface area (Å²) < 4.78 is 5.33. The van der Waals surface area contributed by atoms with Gasteiger partial charge in [-0.15, -0.1) is 0 Å². The normalized spacial score (nSPS) is 12.6. The quantitative estimate of drug-likeness (QED) is 0.858. The van der Waals surface area contributed by atoms with E-state index in [9.17, 15) is 0 Å². The highest BCUT2D eigenvalue weighted by molar-refractivity contribution is 5.21. The largest absolute Gasteiger partial charge is 0.469 e. The number of aromatic nitrogens is 1. The molecule has 0 aliphatic carbocycles. The van der Waals surface area contributed by atoms with Crippen LogP contribution in [-0.4, -0.2) is 11.0 Å². The molecule has 1 atom stereocenters. The van der Waals surface area contributed by atoms with E-state index >= 15 is 0 Å². The average Bonchev–Trinajstić information content (AvgIpc) is 2.81. The molecule has 90 valence electrons. The molecule has 0 aliphatic rings. The van der Waals surface area contributed by atoms with Gasteiger partial charge in [0.25, 0.3) is 0 Å². The number of pyridine rings is 1. The van der Waals surface area contributed by atoms with Crippen LogP contribution in [-0.2, 0) is 13.0 Å². The highest BCUT2D eigenvalue weighted by Gasteiger charge is 2.06. The van der Waals surface area contributed by atoms with E-state index in [-0.39, 0.29) is 0 Å². The molecule has 0 aromatic carbocycles. The molecular formula is C14H18N2O. The predicted octanol–water partition coefficient (Wildman–Crippen LogP) is 2.70. The van der Waals surface area contributed by atoms with Crippen LogP contribution >= 0.6 is 0 Å². The molecule has 0 radical (unpaired) electrons. The van der Waals surface area contributed by atoms with E-state index in [1.54, 1.807) is 6.26 Å². The van der Waals surface area contributed by atoms with Crippen molar-refractivity contribution in [1.29, 1.82) is 0 Å². The highest BCUT2D eigenvalue weighted by Crippen LogP contribution is 2.07. The number of rotatable bonds is 5. The van der Waals surface area contributed by atoms with Crippen LogP contribution < -0.4 is 5.32 Å². The number of hydrogen-bond donors (Lipinski definition) is 1. The van der Waals surface area contributed by atoms with Gasteiger partial charge in [-0.2, -0.15) is 0 Å². The molecule has 0 bridgehead atoms. The Morgan fingerprint density at radius 3 is 3.00 bits per heavy atom. The first-order valence-corrected chi connectivity index (χ1v) is 5.91. The van der Waals surface area contributed by atoms with Crippen molar-refractivity contribution >= 4 is 0 Å². The third kappa shape index (κ3) is 3.43. The van der Waals surface area contributed by atoms with Crippen molar-refractivity contribution in [1.82, 2.24) is 10.3 Å². The predicted molar refractivity (Wildman–Crippen MR) is 67.7 cm³/mol. The van der Waals surface area contributed by atoms with E-state index < -0.39 is 0 Å². The van der Waals surface area contributed by atoms with E-state index in [4.69, 9.17) is 4.42 Å². The fourth-order valence-corrected chi connectivity index (χ4v) is 1.77. The Morgan fingerprint density at radius 2 is 2.29 bits per heavy atom.